The number of benzene rings is 1. The second-order valence-electron chi connectivity index (χ2n) is 6.78. The van der Waals surface area contributed by atoms with Crippen molar-refractivity contribution in [2.75, 3.05) is 57.3 Å². The zero-order valence-electron chi connectivity index (χ0n) is 16.5. The van der Waals surface area contributed by atoms with Gasteiger partial charge < -0.3 is 20.0 Å². The number of hydrogen-bond acceptors (Lipinski definition) is 4. The summed E-state index contributed by atoms with van der Waals surface area (Å²) in [6.07, 6.45) is 0. The summed E-state index contributed by atoms with van der Waals surface area (Å²) in [5, 5.41) is 2.75. The lowest BCUT2D eigenvalue weighted by molar-refractivity contribution is -0.146. The maximum atomic E-state index is 12.4. The summed E-state index contributed by atoms with van der Waals surface area (Å²) in [5.74, 6) is -0.900. The first kappa shape index (κ1) is 20.2. The summed E-state index contributed by atoms with van der Waals surface area (Å²) >= 11 is 0. The van der Waals surface area contributed by atoms with Crippen LogP contribution < -0.4 is 10.2 Å². The van der Waals surface area contributed by atoms with Gasteiger partial charge in [0.1, 0.15) is 0 Å². The summed E-state index contributed by atoms with van der Waals surface area (Å²) in [6.45, 7) is 14.3. The highest BCUT2D eigenvalue weighted by atomic mass is 16.2. The number of hydrogen-bond donors (Lipinski definition) is 1. The fourth-order valence-electron chi connectivity index (χ4n) is 3.32. The van der Waals surface area contributed by atoms with E-state index in [1.807, 2.05) is 0 Å². The second kappa shape index (κ2) is 9.57. The molecule has 2 rings (SSSR count). The zero-order chi connectivity index (χ0) is 19.1. The Labute approximate surface area is 157 Å². The van der Waals surface area contributed by atoms with E-state index in [1.54, 1.807) is 4.90 Å². The van der Waals surface area contributed by atoms with Gasteiger partial charge in [-0.1, -0.05) is 26.0 Å². The molecule has 6 nitrogen and oxygen atoms in total. The predicted octanol–water partition coefficient (Wildman–Crippen LogP) is 1.41. The van der Waals surface area contributed by atoms with Crippen molar-refractivity contribution in [3.8, 4) is 0 Å². The van der Waals surface area contributed by atoms with Crippen LogP contribution in [0.5, 0.6) is 0 Å². The molecule has 1 N–H and O–H groups in total. The van der Waals surface area contributed by atoms with Crippen LogP contribution in [0.3, 0.4) is 0 Å². The highest BCUT2D eigenvalue weighted by molar-refractivity contribution is 6.35. The van der Waals surface area contributed by atoms with Gasteiger partial charge in [0.2, 0.25) is 0 Å². The number of nitrogens with one attached hydrogen (secondary N) is 1. The first-order valence-electron chi connectivity index (χ1n) is 9.58. The lowest BCUT2D eigenvalue weighted by atomic mass is 10.1. The maximum Gasteiger partial charge on any atom is 0.312 e. The van der Waals surface area contributed by atoms with E-state index in [-0.39, 0.29) is 0 Å². The Morgan fingerprint density at radius 2 is 1.73 bits per heavy atom. The molecule has 1 fully saturated rings. The van der Waals surface area contributed by atoms with Gasteiger partial charge in [-0.3, -0.25) is 9.59 Å². The lowest BCUT2D eigenvalue weighted by Crippen LogP contribution is -2.53. The van der Waals surface area contributed by atoms with Crippen molar-refractivity contribution in [2.45, 2.75) is 27.7 Å². The van der Waals surface area contributed by atoms with Crippen LogP contribution in [0.1, 0.15) is 25.0 Å². The number of rotatable bonds is 6. The van der Waals surface area contributed by atoms with Gasteiger partial charge in [0, 0.05) is 45.0 Å². The molecule has 0 spiro atoms. The van der Waals surface area contributed by atoms with Gasteiger partial charge in [-0.05, 0) is 44.1 Å². The Balaban J connectivity index is 1.82. The van der Waals surface area contributed by atoms with Crippen LogP contribution in [0, 0.1) is 13.8 Å². The summed E-state index contributed by atoms with van der Waals surface area (Å²) in [4.78, 5) is 30.6. The van der Waals surface area contributed by atoms with E-state index in [4.69, 9.17) is 0 Å². The smallest absolute Gasteiger partial charge is 0.312 e. The average Bonchev–Trinajstić information content (AvgIpc) is 2.67. The molecule has 6 heteroatoms. The van der Waals surface area contributed by atoms with Crippen LogP contribution in [0.2, 0.25) is 0 Å². The van der Waals surface area contributed by atoms with Gasteiger partial charge in [-0.25, -0.2) is 0 Å². The number of likely N-dealkylation sites (N-methyl/N-ethyl adjacent to an activating group) is 1. The molecule has 0 saturated carbocycles. The van der Waals surface area contributed by atoms with Crippen molar-refractivity contribution in [1.82, 2.24) is 15.1 Å². The lowest BCUT2D eigenvalue weighted by Gasteiger charge is -2.36. The normalized spacial score (nSPS) is 14.7. The van der Waals surface area contributed by atoms with Crippen molar-refractivity contribution in [2.24, 2.45) is 0 Å². The van der Waals surface area contributed by atoms with Crippen LogP contribution in [-0.4, -0.2) is 74.0 Å². The van der Waals surface area contributed by atoms with Crippen LogP contribution in [-0.2, 0) is 9.59 Å². The van der Waals surface area contributed by atoms with E-state index in [0.29, 0.717) is 19.6 Å². The van der Waals surface area contributed by atoms with Crippen LogP contribution in [0.4, 0.5) is 5.69 Å². The molecule has 2 amide bonds. The van der Waals surface area contributed by atoms with E-state index in [2.05, 4.69) is 61.0 Å². The van der Waals surface area contributed by atoms with Crippen molar-refractivity contribution in [3.63, 3.8) is 0 Å². The quantitative estimate of drug-likeness (QED) is 0.780. The van der Waals surface area contributed by atoms with Gasteiger partial charge in [0.25, 0.3) is 0 Å². The van der Waals surface area contributed by atoms with E-state index in [9.17, 15) is 9.59 Å². The molecule has 1 aromatic rings. The van der Waals surface area contributed by atoms with Gasteiger partial charge in [0.05, 0.1) is 0 Å². The third-order valence-corrected chi connectivity index (χ3v) is 5.29. The second-order valence-corrected chi connectivity index (χ2v) is 6.78. The molecule has 1 aliphatic heterocycles. The van der Waals surface area contributed by atoms with Gasteiger partial charge in [-0.15, -0.1) is 0 Å². The molecule has 0 unspecified atom stereocenters. The largest absolute Gasteiger partial charge is 0.368 e. The van der Waals surface area contributed by atoms with Crippen molar-refractivity contribution in [3.05, 3.63) is 29.3 Å². The molecule has 0 atom stereocenters. The molecule has 1 aromatic carbocycles. The van der Waals surface area contributed by atoms with Crippen LogP contribution in [0.25, 0.3) is 0 Å². The Bertz CT molecular complexity index is 620. The molecule has 0 radical (unpaired) electrons. The average molecular weight is 361 g/mol. The van der Waals surface area contributed by atoms with Crippen molar-refractivity contribution < 1.29 is 9.59 Å². The third-order valence-electron chi connectivity index (χ3n) is 5.29. The van der Waals surface area contributed by atoms with E-state index >= 15 is 0 Å². The molecule has 1 aliphatic rings. The maximum absolute atomic E-state index is 12.4. The summed E-state index contributed by atoms with van der Waals surface area (Å²) in [6, 6.07) is 6.30. The van der Waals surface area contributed by atoms with Crippen molar-refractivity contribution >= 4 is 17.5 Å². The molecule has 1 saturated heterocycles. The van der Waals surface area contributed by atoms with Crippen molar-refractivity contribution in [1.29, 1.82) is 0 Å². The number of amides is 2. The minimum absolute atomic E-state index is 0.412. The minimum Gasteiger partial charge on any atom is -0.368 e. The third kappa shape index (κ3) is 4.97. The predicted molar refractivity (Wildman–Crippen MR) is 106 cm³/mol. The molecular weight excluding hydrogens is 328 g/mol. The van der Waals surface area contributed by atoms with E-state index in [0.717, 1.165) is 32.7 Å². The first-order valence-corrected chi connectivity index (χ1v) is 9.58. The Morgan fingerprint density at radius 1 is 1.08 bits per heavy atom. The highest BCUT2D eigenvalue weighted by Crippen LogP contribution is 2.23. The number of carbonyl (C=O) groups is 2. The number of aryl methyl sites for hydroxylation is 1. The molecule has 144 valence electrons. The molecule has 0 aliphatic carbocycles. The number of piperazine rings is 1. The number of anilines is 1. The summed E-state index contributed by atoms with van der Waals surface area (Å²) < 4.78 is 0. The molecule has 1 heterocycles. The molecule has 26 heavy (non-hydrogen) atoms. The minimum atomic E-state index is -0.489. The number of carbonyl (C=O) groups excluding carboxylic acids is 2. The van der Waals surface area contributed by atoms with Gasteiger partial charge in [0.15, 0.2) is 0 Å². The Hall–Kier alpha value is -2.08. The van der Waals surface area contributed by atoms with E-state index in [1.165, 1.54) is 16.8 Å². The summed E-state index contributed by atoms with van der Waals surface area (Å²) in [5.41, 5.74) is 3.77. The van der Waals surface area contributed by atoms with Gasteiger partial charge in [-0.2, -0.15) is 0 Å². The standard InChI is InChI=1S/C20H32N4O2/c1-5-22(6-2)11-10-21-19(25)20(26)24-14-12-23(13-15-24)18-9-7-8-16(3)17(18)4/h7-9H,5-6,10-15H2,1-4H3,(H,21,25). The Kier molecular flexibility index (Phi) is 7.45. The monoisotopic (exact) mass is 360 g/mol. The van der Waals surface area contributed by atoms with Gasteiger partial charge >= 0.3 is 11.8 Å². The first-order chi connectivity index (χ1) is 12.5. The van der Waals surface area contributed by atoms with Crippen LogP contribution >= 0.6 is 0 Å². The van der Waals surface area contributed by atoms with Crippen LogP contribution in [0.15, 0.2) is 18.2 Å². The highest BCUT2D eigenvalue weighted by Gasteiger charge is 2.26. The molecule has 0 bridgehead atoms. The fraction of sp³-hybridized carbons (Fsp3) is 0.600. The summed E-state index contributed by atoms with van der Waals surface area (Å²) in [7, 11) is 0. The Morgan fingerprint density at radius 3 is 2.35 bits per heavy atom. The molecular formula is C20H32N4O2. The topological polar surface area (TPSA) is 55.9 Å². The fourth-order valence-corrected chi connectivity index (χ4v) is 3.32. The zero-order valence-corrected chi connectivity index (χ0v) is 16.5. The SMILES string of the molecule is CCN(CC)CCNC(=O)C(=O)N1CCN(c2cccc(C)c2C)CC1. The molecule has 0 aromatic heterocycles. The number of nitrogens with zero attached hydrogens (tertiary/aromatic N) is 3. The van der Waals surface area contributed by atoms with E-state index < -0.39 is 11.8 Å².